The number of hydrogen-bond acceptors (Lipinski definition) is 2. The van der Waals surface area contributed by atoms with Gasteiger partial charge in [0.15, 0.2) is 0 Å². The van der Waals surface area contributed by atoms with Gasteiger partial charge in [0.2, 0.25) is 6.29 Å². The van der Waals surface area contributed by atoms with Crippen molar-refractivity contribution < 1.29 is 4.79 Å². The lowest BCUT2D eigenvalue weighted by molar-refractivity contribution is 0.332. The molecule has 0 aliphatic heterocycles. The topological polar surface area (TPSA) is 30.0 Å². The Balaban J connectivity index is 2.12. The number of hydrogen-bond donors (Lipinski definition) is 0. The largest absolute Gasteiger partial charge is 0.290 e. The summed E-state index contributed by atoms with van der Waals surface area (Å²) >= 11 is 0. The highest BCUT2D eigenvalue weighted by Crippen LogP contribution is 2.33. The second-order valence-corrected chi connectivity index (χ2v) is 4.25. The van der Waals surface area contributed by atoms with Crippen LogP contribution >= 0.6 is 0 Å². The first kappa shape index (κ1) is 10.3. The van der Waals surface area contributed by atoms with E-state index in [4.69, 9.17) is 0 Å². The van der Waals surface area contributed by atoms with Crippen LogP contribution in [0.2, 0.25) is 0 Å². The van der Waals surface area contributed by atoms with E-state index in [2.05, 4.69) is 11.3 Å². The third-order valence-corrected chi connectivity index (χ3v) is 3.25. The van der Waals surface area contributed by atoms with E-state index < -0.39 is 0 Å². The molecule has 1 radical (unpaired) electrons. The minimum Gasteiger partial charge on any atom is -0.290 e. The van der Waals surface area contributed by atoms with Gasteiger partial charge in [0, 0.05) is 6.20 Å². The van der Waals surface area contributed by atoms with Crippen molar-refractivity contribution in [3.05, 3.63) is 30.1 Å². The quantitative estimate of drug-likeness (QED) is 0.754. The van der Waals surface area contributed by atoms with E-state index in [-0.39, 0.29) is 5.92 Å². The van der Waals surface area contributed by atoms with Gasteiger partial charge in [0.05, 0.1) is 11.6 Å². The summed E-state index contributed by atoms with van der Waals surface area (Å²) in [6.45, 7) is 0. The first-order chi connectivity index (χ1) is 7.42. The average molecular weight is 202 g/mol. The summed E-state index contributed by atoms with van der Waals surface area (Å²) in [5, 5.41) is 0. The van der Waals surface area contributed by atoms with E-state index in [1.165, 1.54) is 19.3 Å². The molecule has 0 saturated heterocycles. The highest BCUT2D eigenvalue weighted by Gasteiger charge is 2.25. The molecule has 1 unspecified atom stereocenters. The smallest absolute Gasteiger partial charge is 0.208 e. The summed E-state index contributed by atoms with van der Waals surface area (Å²) in [4.78, 5) is 15.3. The van der Waals surface area contributed by atoms with Crippen LogP contribution in [-0.4, -0.2) is 11.3 Å². The van der Waals surface area contributed by atoms with Crippen LogP contribution in [0.5, 0.6) is 0 Å². The molecule has 15 heavy (non-hydrogen) atoms. The Hall–Kier alpha value is -1.18. The molecule has 79 valence electrons. The van der Waals surface area contributed by atoms with Gasteiger partial charge in [-0.1, -0.05) is 25.3 Å². The predicted molar refractivity (Wildman–Crippen MR) is 59.2 cm³/mol. The lowest BCUT2D eigenvalue weighted by Gasteiger charge is -2.25. The van der Waals surface area contributed by atoms with Crippen LogP contribution in [0.25, 0.3) is 0 Å². The van der Waals surface area contributed by atoms with E-state index in [0.717, 1.165) is 18.5 Å². The van der Waals surface area contributed by atoms with Crippen LogP contribution < -0.4 is 0 Å². The molecule has 0 bridgehead atoms. The van der Waals surface area contributed by atoms with Crippen LogP contribution in [0.1, 0.15) is 43.7 Å². The van der Waals surface area contributed by atoms with Crippen molar-refractivity contribution in [1.29, 1.82) is 0 Å². The van der Waals surface area contributed by atoms with Crippen LogP contribution in [-0.2, 0) is 4.79 Å². The van der Waals surface area contributed by atoms with Gasteiger partial charge in [0.1, 0.15) is 0 Å². The Bertz CT molecular complexity index is 304. The predicted octanol–water partition coefficient (Wildman–Crippen LogP) is 2.86. The standard InChI is InChI=1S/C13H16NO/c15-10-12(11-6-2-1-3-7-11)13-8-4-5-9-14-13/h4-5,8-9,11-12H,1-3,6-7H2. The Morgan fingerprint density at radius 2 is 2.07 bits per heavy atom. The van der Waals surface area contributed by atoms with Crippen LogP contribution in [0.3, 0.4) is 0 Å². The zero-order valence-electron chi connectivity index (χ0n) is 8.86. The molecule has 2 heteroatoms. The molecular formula is C13H16NO. The molecule has 1 heterocycles. The molecule has 0 aromatic carbocycles. The van der Waals surface area contributed by atoms with E-state index in [9.17, 15) is 4.79 Å². The summed E-state index contributed by atoms with van der Waals surface area (Å²) in [7, 11) is 0. The second-order valence-electron chi connectivity index (χ2n) is 4.25. The van der Waals surface area contributed by atoms with Crippen LogP contribution in [0, 0.1) is 5.92 Å². The van der Waals surface area contributed by atoms with Crippen LogP contribution in [0.4, 0.5) is 0 Å². The van der Waals surface area contributed by atoms with Gasteiger partial charge in [-0.3, -0.25) is 9.78 Å². The Morgan fingerprint density at radius 1 is 1.27 bits per heavy atom. The van der Waals surface area contributed by atoms with E-state index in [1.807, 2.05) is 18.2 Å². The maximum Gasteiger partial charge on any atom is 0.208 e. The zero-order chi connectivity index (χ0) is 10.5. The minimum atomic E-state index is -0.105. The molecule has 2 rings (SSSR count). The van der Waals surface area contributed by atoms with Crippen molar-refractivity contribution in [3.63, 3.8) is 0 Å². The van der Waals surface area contributed by atoms with Crippen molar-refractivity contribution in [2.24, 2.45) is 5.92 Å². The maximum atomic E-state index is 11.0. The molecule has 1 fully saturated rings. The third-order valence-electron chi connectivity index (χ3n) is 3.25. The molecule has 1 aliphatic rings. The number of carbonyl (C=O) groups excluding carboxylic acids is 1. The van der Waals surface area contributed by atoms with E-state index in [0.29, 0.717) is 5.92 Å². The molecule has 1 saturated carbocycles. The Kier molecular flexibility index (Phi) is 3.49. The molecule has 0 N–H and O–H groups in total. The fourth-order valence-electron chi connectivity index (χ4n) is 2.43. The summed E-state index contributed by atoms with van der Waals surface area (Å²) in [5.74, 6) is 0.359. The number of pyridine rings is 1. The first-order valence-electron chi connectivity index (χ1n) is 5.70. The van der Waals surface area contributed by atoms with Crippen molar-refractivity contribution in [3.8, 4) is 0 Å². The summed E-state index contributed by atoms with van der Waals surface area (Å²) < 4.78 is 0. The third kappa shape index (κ3) is 2.44. The van der Waals surface area contributed by atoms with Gasteiger partial charge in [-0.2, -0.15) is 0 Å². The van der Waals surface area contributed by atoms with Gasteiger partial charge in [-0.05, 0) is 30.9 Å². The summed E-state index contributed by atoms with van der Waals surface area (Å²) in [6, 6.07) is 5.76. The summed E-state index contributed by atoms with van der Waals surface area (Å²) in [6.07, 6.45) is 10.0. The molecule has 1 aliphatic carbocycles. The van der Waals surface area contributed by atoms with Gasteiger partial charge in [0.25, 0.3) is 0 Å². The van der Waals surface area contributed by atoms with Crippen molar-refractivity contribution in [1.82, 2.24) is 4.98 Å². The Morgan fingerprint density at radius 3 is 2.67 bits per heavy atom. The minimum absolute atomic E-state index is 0.105. The molecule has 1 aromatic rings. The molecule has 0 amide bonds. The van der Waals surface area contributed by atoms with Gasteiger partial charge < -0.3 is 0 Å². The fraction of sp³-hybridized carbons (Fsp3) is 0.538. The second kappa shape index (κ2) is 5.06. The van der Waals surface area contributed by atoms with E-state index >= 15 is 0 Å². The fourth-order valence-corrected chi connectivity index (χ4v) is 2.43. The maximum absolute atomic E-state index is 11.0. The van der Waals surface area contributed by atoms with Crippen molar-refractivity contribution in [2.45, 2.75) is 38.0 Å². The normalized spacial score (nSPS) is 19.7. The average Bonchev–Trinajstić information content (AvgIpc) is 2.33. The lowest BCUT2D eigenvalue weighted by atomic mass is 9.79. The van der Waals surface area contributed by atoms with Crippen molar-refractivity contribution >= 4 is 6.29 Å². The zero-order valence-corrected chi connectivity index (χ0v) is 8.86. The number of aromatic nitrogens is 1. The molecular weight excluding hydrogens is 186 g/mol. The summed E-state index contributed by atoms with van der Waals surface area (Å²) in [5.41, 5.74) is 0.888. The Labute approximate surface area is 90.7 Å². The molecule has 1 atom stereocenters. The van der Waals surface area contributed by atoms with E-state index in [1.54, 1.807) is 6.20 Å². The van der Waals surface area contributed by atoms with Crippen LogP contribution in [0.15, 0.2) is 24.4 Å². The van der Waals surface area contributed by atoms with Gasteiger partial charge in [-0.15, -0.1) is 0 Å². The monoisotopic (exact) mass is 202 g/mol. The SMILES string of the molecule is O=[C]C(c1ccccn1)C1CCCCC1. The van der Waals surface area contributed by atoms with Crippen molar-refractivity contribution in [2.75, 3.05) is 0 Å². The molecule has 0 spiro atoms. The highest BCUT2D eigenvalue weighted by molar-refractivity contribution is 5.62. The number of rotatable bonds is 3. The molecule has 2 nitrogen and oxygen atoms in total. The number of nitrogens with zero attached hydrogens (tertiary/aromatic N) is 1. The lowest BCUT2D eigenvalue weighted by Crippen LogP contribution is -2.18. The first-order valence-corrected chi connectivity index (χ1v) is 5.70. The molecule has 1 aromatic heterocycles. The highest BCUT2D eigenvalue weighted by atomic mass is 16.1. The van der Waals surface area contributed by atoms with Gasteiger partial charge in [-0.25, -0.2) is 0 Å². The van der Waals surface area contributed by atoms with Gasteiger partial charge >= 0.3 is 0 Å².